The topological polar surface area (TPSA) is 24.8 Å². The van der Waals surface area contributed by atoms with E-state index in [1.165, 1.54) is 4.90 Å². The molecule has 5 heteroatoms. The van der Waals surface area contributed by atoms with Crippen molar-refractivity contribution in [3.8, 4) is 5.75 Å². The lowest BCUT2D eigenvalue weighted by atomic mass is 10.2. The SMILES string of the molecule is COc1ccc2c(c1)C1=NCCN1C(=S)S2. The summed E-state index contributed by atoms with van der Waals surface area (Å²) in [4.78, 5) is 7.78. The fourth-order valence-electron chi connectivity index (χ4n) is 1.90. The van der Waals surface area contributed by atoms with Crippen LogP contribution in [0.4, 0.5) is 0 Å². The van der Waals surface area contributed by atoms with Crippen LogP contribution in [0.3, 0.4) is 0 Å². The van der Waals surface area contributed by atoms with Gasteiger partial charge >= 0.3 is 0 Å². The molecule has 2 heterocycles. The molecule has 82 valence electrons. The molecule has 0 aromatic heterocycles. The van der Waals surface area contributed by atoms with Crippen LogP contribution in [-0.4, -0.2) is 35.3 Å². The highest BCUT2D eigenvalue weighted by Crippen LogP contribution is 2.36. The van der Waals surface area contributed by atoms with Gasteiger partial charge in [-0.15, -0.1) is 0 Å². The van der Waals surface area contributed by atoms with Gasteiger partial charge in [0.25, 0.3) is 0 Å². The Hall–Kier alpha value is -1.07. The van der Waals surface area contributed by atoms with Crippen LogP contribution < -0.4 is 4.74 Å². The largest absolute Gasteiger partial charge is 0.497 e. The monoisotopic (exact) mass is 250 g/mol. The van der Waals surface area contributed by atoms with Crippen LogP contribution in [0.2, 0.25) is 0 Å². The Balaban J connectivity index is 2.15. The molecule has 0 radical (unpaired) electrons. The van der Waals surface area contributed by atoms with Gasteiger partial charge in [0.15, 0.2) is 0 Å². The predicted molar refractivity (Wildman–Crippen MR) is 69.6 cm³/mol. The highest BCUT2D eigenvalue weighted by Gasteiger charge is 2.30. The number of hydrogen-bond acceptors (Lipinski definition) is 4. The molecule has 0 unspecified atom stereocenters. The molecule has 3 nitrogen and oxygen atoms in total. The molecular weight excluding hydrogens is 240 g/mol. The van der Waals surface area contributed by atoms with Crippen LogP contribution in [0, 0.1) is 0 Å². The number of fused-ring (bicyclic) bond motifs is 3. The summed E-state index contributed by atoms with van der Waals surface area (Å²) in [5, 5.41) is 0. The van der Waals surface area contributed by atoms with E-state index in [0.717, 1.165) is 34.6 Å². The number of thioether (sulfide) groups is 1. The third-order valence-corrected chi connectivity index (χ3v) is 4.13. The lowest BCUT2D eigenvalue weighted by molar-refractivity contribution is 0.414. The molecule has 0 saturated carbocycles. The Bertz CT molecular complexity index is 499. The maximum absolute atomic E-state index is 5.36. The number of nitrogens with zero attached hydrogens (tertiary/aromatic N) is 2. The summed E-state index contributed by atoms with van der Waals surface area (Å²) in [5.74, 6) is 1.86. The zero-order chi connectivity index (χ0) is 11.1. The molecule has 16 heavy (non-hydrogen) atoms. The van der Waals surface area contributed by atoms with Gasteiger partial charge in [0.2, 0.25) is 0 Å². The minimum absolute atomic E-state index is 0.826. The number of amidine groups is 1. The van der Waals surface area contributed by atoms with Crippen LogP contribution in [0.5, 0.6) is 5.75 Å². The quantitative estimate of drug-likeness (QED) is 0.713. The van der Waals surface area contributed by atoms with Crippen molar-refractivity contribution in [1.29, 1.82) is 0 Å². The van der Waals surface area contributed by atoms with Crippen molar-refractivity contribution in [2.24, 2.45) is 4.99 Å². The van der Waals surface area contributed by atoms with Crippen molar-refractivity contribution in [2.45, 2.75) is 4.90 Å². The molecule has 0 fully saturated rings. The lowest BCUT2D eigenvalue weighted by Crippen LogP contribution is -2.35. The molecule has 0 saturated heterocycles. The Labute approximate surface area is 103 Å². The summed E-state index contributed by atoms with van der Waals surface area (Å²) in [6.07, 6.45) is 0. The van der Waals surface area contributed by atoms with Crippen LogP contribution in [-0.2, 0) is 0 Å². The van der Waals surface area contributed by atoms with E-state index < -0.39 is 0 Å². The molecule has 0 N–H and O–H groups in total. The second-order valence-corrected chi connectivity index (χ2v) is 5.26. The standard InChI is InChI=1S/C11H10N2OS2/c1-14-7-2-3-9-8(6-7)10-12-4-5-13(10)11(15)16-9/h2-3,6H,4-5H2,1H3. The van der Waals surface area contributed by atoms with Crippen LogP contribution in [0.1, 0.15) is 5.56 Å². The van der Waals surface area contributed by atoms with Crippen LogP contribution in [0.15, 0.2) is 28.1 Å². The summed E-state index contributed by atoms with van der Waals surface area (Å²) in [6, 6.07) is 6.03. The first kappa shape index (κ1) is 10.1. The van der Waals surface area contributed by atoms with Crippen molar-refractivity contribution in [3.05, 3.63) is 23.8 Å². The molecule has 0 atom stereocenters. The first-order valence-electron chi connectivity index (χ1n) is 5.02. The molecule has 0 aliphatic carbocycles. The van der Waals surface area contributed by atoms with E-state index in [1.54, 1.807) is 18.9 Å². The maximum atomic E-state index is 5.36. The molecule has 2 aliphatic heterocycles. The fraction of sp³-hybridized carbons (Fsp3) is 0.273. The minimum atomic E-state index is 0.826. The Morgan fingerprint density at radius 3 is 3.19 bits per heavy atom. The summed E-state index contributed by atoms with van der Waals surface area (Å²) < 4.78 is 6.14. The fourth-order valence-corrected chi connectivity index (χ4v) is 3.22. The van der Waals surface area contributed by atoms with Gasteiger partial charge in [-0.3, -0.25) is 4.99 Å². The zero-order valence-electron chi connectivity index (χ0n) is 8.77. The average Bonchev–Trinajstić information content (AvgIpc) is 2.78. The number of aliphatic imine (C=N–C) groups is 1. The van der Waals surface area contributed by atoms with E-state index in [2.05, 4.69) is 9.89 Å². The first-order valence-corrected chi connectivity index (χ1v) is 6.24. The van der Waals surface area contributed by atoms with Gasteiger partial charge in [0.1, 0.15) is 15.9 Å². The molecule has 1 aromatic rings. The highest BCUT2D eigenvalue weighted by atomic mass is 32.2. The summed E-state index contributed by atoms with van der Waals surface area (Å²) in [5.41, 5.74) is 1.13. The number of benzene rings is 1. The minimum Gasteiger partial charge on any atom is -0.497 e. The van der Waals surface area contributed by atoms with Gasteiger partial charge in [-0.05, 0) is 18.2 Å². The van der Waals surface area contributed by atoms with E-state index in [1.807, 2.05) is 18.2 Å². The van der Waals surface area contributed by atoms with E-state index in [-0.39, 0.29) is 0 Å². The Kier molecular flexibility index (Phi) is 2.37. The van der Waals surface area contributed by atoms with E-state index >= 15 is 0 Å². The zero-order valence-corrected chi connectivity index (χ0v) is 10.4. The normalized spacial score (nSPS) is 17.9. The lowest BCUT2D eigenvalue weighted by Gasteiger charge is -2.27. The van der Waals surface area contributed by atoms with E-state index in [0.29, 0.717) is 0 Å². The van der Waals surface area contributed by atoms with E-state index in [9.17, 15) is 0 Å². The number of rotatable bonds is 1. The van der Waals surface area contributed by atoms with Crippen LogP contribution in [0.25, 0.3) is 0 Å². The van der Waals surface area contributed by atoms with Crippen molar-refractivity contribution >= 4 is 34.1 Å². The number of methoxy groups -OCH3 is 1. The molecule has 3 rings (SSSR count). The second-order valence-electron chi connectivity index (χ2n) is 3.59. The molecule has 0 bridgehead atoms. The first-order chi connectivity index (χ1) is 7.79. The molecule has 0 spiro atoms. The van der Waals surface area contributed by atoms with Gasteiger partial charge in [-0.1, -0.05) is 24.0 Å². The number of hydrogen-bond donors (Lipinski definition) is 0. The molecule has 0 amide bonds. The van der Waals surface area contributed by atoms with Gasteiger partial charge < -0.3 is 9.64 Å². The molecule has 1 aromatic carbocycles. The Morgan fingerprint density at radius 2 is 2.38 bits per heavy atom. The molecular formula is C11H10N2OS2. The highest BCUT2D eigenvalue weighted by molar-refractivity contribution is 8.23. The predicted octanol–water partition coefficient (Wildman–Crippen LogP) is 2.15. The summed E-state index contributed by atoms with van der Waals surface area (Å²) in [7, 11) is 1.68. The van der Waals surface area contributed by atoms with E-state index in [4.69, 9.17) is 17.0 Å². The summed E-state index contributed by atoms with van der Waals surface area (Å²) >= 11 is 6.99. The Morgan fingerprint density at radius 1 is 1.50 bits per heavy atom. The van der Waals surface area contributed by atoms with Crippen molar-refractivity contribution in [3.63, 3.8) is 0 Å². The van der Waals surface area contributed by atoms with Crippen molar-refractivity contribution < 1.29 is 4.74 Å². The summed E-state index contributed by atoms with van der Waals surface area (Å²) in [6.45, 7) is 1.73. The van der Waals surface area contributed by atoms with Crippen molar-refractivity contribution in [2.75, 3.05) is 20.2 Å². The molecule has 2 aliphatic rings. The average molecular weight is 250 g/mol. The van der Waals surface area contributed by atoms with Gasteiger partial charge in [-0.25, -0.2) is 0 Å². The third-order valence-electron chi connectivity index (χ3n) is 2.69. The van der Waals surface area contributed by atoms with Crippen LogP contribution >= 0.6 is 24.0 Å². The van der Waals surface area contributed by atoms with Gasteiger partial charge in [0.05, 0.1) is 13.7 Å². The van der Waals surface area contributed by atoms with Crippen molar-refractivity contribution in [1.82, 2.24) is 4.90 Å². The van der Waals surface area contributed by atoms with Gasteiger partial charge in [-0.2, -0.15) is 0 Å². The number of thiocarbonyl (C=S) groups is 1. The smallest absolute Gasteiger partial charge is 0.146 e. The third kappa shape index (κ3) is 1.43. The maximum Gasteiger partial charge on any atom is 0.146 e. The van der Waals surface area contributed by atoms with Gasteiger partial charge in [0, 0.05) is 17.0 Å². The number of ether oxygens (including phenoxy) is 1. The second kappa shape index (κ2) is 3.75.